The van der Waals surface area contributed by atoms with Crippen LogP contribution in [0.3, 0.4) is 0 Å². The lowest BCUT2D eigenvalue weighted by atomic mass is 10.1. The van der Waals surface area contributed by atoms with Crippen molar-refractivity contribution in [1.82, 2.24) is 0 Å². The molecule has 0 aliphatic rings. The largest absolute Gasteiger partial charge is 0.389 e. The lowest BCUT2D eigenvalue weighted by Gasteiger charge is -2.03. The normalized spacial score (nSPS) is 11.3. The molecule has 0 bridgehead atoms. The molecule has 92 valence electrons. The first-order chi connectivity index (χ1) is 8.75. The molecule has 0 aliphatic carbocycles. The number of hydrogen-bond donors (Lipinski definition) is 1. The van der Waals surface area contributed by atoms with Gasteiger partial charge in [-0.15, -0.1) is 0 Å². The zero-order valence-electron chi connectivity index (χ0n) is 10.3. The maximum atomic E-state index is 5.83. The lowest BCUT2D eigenvalue weighted by Crippen LogP contribution is -2.13. The van der Waals surface area contributed by atoms with Gasteiger partial charge in [0.15, 0.2) is 5.84 Å². The molecule has 0 atom stereocenters. The number of rotatable bonds is 4. The summed E-state index contributed by atoms with van der Waals surface area (Å²) in [7, 11) is 0. The summed E-state index contributed by atoms with van der Waals surface area (Å²) in [5.74, 6) is 0.394. The fourth-order valence-electron chi connectivity index (χ4n) is 1.53. The first-order valence-electron chi connectivity index (χ1n) is 5.82. The lowest BCUT2D eigenvalue weighted by molar-refractivity contribution is 0.130. The molecule has 0 saturated carbocycles. The van der Waals surface area contributed by atoms with Gasteiger partial charge in [0.1, 0.15) is 6.61 Å². The van der Waals surface area contributed by atoms with Crippen LogP contribution in [0.5, 0.6) is 0 Å². The van der Waals surface area contributed by atoms with E-state index in [9.17, 15) is 0 Å². The molecule has 2 aromatic rings. The van der Waals surface area contributed by atoms with Crippen molar-refractivity contribution in [2.75, 3.05) is 0 Å². The molecule has 0 unspecified atom stereocenters. The van der Waals surface area contributed by atoms with E-state index in [4.69, 9.17) is 10.6 Å². The molecule has 2 aromatic carbocycles. The Kier molecular flexibility index (Phi) is 3.97. The Hall–Kier alpha value is -2.29. The Bertz CT molecular complexity index is 518. The number of hydrogen-bond acceptors (Lipinski definition) is 2. The Balaban J connectivity index is 1.95. The van der Waals surface area contributed by atoms with Crippen molar-refractivity contribution in [1.29, 1.82) is 0 Å². The third-order valence-electron chi connectivity index (χ3n) is 2.58. The van der Waals surface area contributed by atoms with Crippen LogP contribution in [-0.4, -0.2) is 5.84 Å². The van der Waals surface area contributed by atoms with Crippen LogP contribution in [0.25, 0.3) is 0 Å². The summed E-state index contributed by atoms with van der Waals surface area (Å²) in [5, 5.41) is 3.91. The van der Waals surface area contributed by atoms with Gasteiger partial charge >= 0.3 is 0 Å². The molecule has 3 heteroatoms. The van der Waals surface area contributed by atoms with Crippen LogP contribution >= 0.6 is 0 Å². The molecular weight excluding hydrogens is 224 g/mol. The molecule has 2 N–H and O–H groups in total. The minimum atomic E-state index is 0.394. The van der Waals surface area contributed by atoms with E-state index in [1.165, 1.54) is 5.56 Å². The SMILES string of the molecule is Cc1ccc(C(N)=NOCc2ccccc2)cc1. The van der Waals surface area contributed by atoms with Crippen molar-refractivity contribution in [3.05, 3.63) is 71.3 Å². The highest BCUT2D eigenvalue weighted by molar-refractivity contribution is 5.97. The van der Waals surface area contributed by atoms with Gasteiger partial charge in [0.25, 0.3) is 0 Å². The highest BCUT2D eigenvalue weighted by atomic mass is 16.6. The fourth-order valence-corrected chi connectivity index (χ4v) is 1.53. The molecule has 0 spiro atoms. The second-order valence-electron chi connectivity index (χ2n) is 4.10. The van der Waals surface area contributed by atoms with Crippen molar-refractivity contribution in [2.45, 2.75) is 13.5 Å². The van der Waals surface area contributed by atoms with Gasteiger partial charge < -0.3 is 10.6 Å². The first kappa shape index (κ1) is 12.2. The maximum Gasteiger partial charge on any atom is 0.170 e. The predicted molar refractivity (Wildman–Crippen MR) is 73.1 cm³/mol. The smallest absolute Gasteiger partial charge is 0.170 e. The molecule has 18 heavy (non-hydrogen) atoms. The van der Waals surface area contributed by atoms with Crippen LogP contribution in [0.2, 0.25) is 0 Å². The summed E-state index contributed by atoms with van der Waals surface area (Å²) in [4.78, 5) is 5.23. The van der Waals surface area contributed by atoms with Crippen LogP contribution in [0.1, 0.15) is 16.7 Å². The Morgan fingerprint density at radius 2 is 1.72 bits per heavy atom. The van der Waals surface area contributed by atoms with Gasteiger partial charge in [-0.3, -0.25) is 0 Å². The molecule has 0 fully saturated rings. The number of nitrogens with zero attached hydrogens (tertiary/aromatic N) is 1. The molecular formula is C15H16N2O. The van der Waals surface area contributed by atoms with E-state index < -0.39 is 0 Å². The zero-order valence-corrected chi connectivity index (χ0v) is 10.3. The molecule has 0 aliphatic heterocycles. The van der Waals surface area contributed by atoms with Crippen LogP contribution in [0.15, 0.2) is 59.8 Å². The number of amidine groups is 1. The van der Waals surface area contributed by atoms with Gasteiger partial charge in [-0.2, -0.15) is 0 Å². The predicted octanol–water partition coefficient (Wildman–Crippen LogP) is 2.83. The van der Waals surface area contributed by atoms with Crippen LogP contribution in [0.4, 0.5) is 0 Å². The van der Waals surface area contributed by atoms with Gasteiger partial charge in [0, 0.05) is 5.56 Å². The Morgan fingerprint density at radius 3 is 2.39 bits per heavy atom. The highest BCUT2D eigenvalue weighted by Gasteiger charge is 1.98. The molecule has 0 saturated heterocycles. The van der Waals surface area contributed by atoms with Crippen molar-refractivity contribution < 1.29 is 4.84 Å². The quantitative estimate of drug-likeness (QED) is 0.507. The Labute approximate surface area is 107 Å². The number of nitrogens with two attached hydrogens (primary N) is 1. The molecule has 0 amide bonds. The van der Waals surface area contributed by atoms with Crippen molar-refractivity contribution in [3.8, 4) is 0 Å². The van der Waals surface area contributed by atoms with E-state index in [2.05, 4.69) is 5.16 Å². The number of benzene rings is 2. The van der Waals surface area contributed by atoms with Crippen molar-refractivity contribution >= 4 is 5.84 Å². The average molecular weight is 240 g/mol. The highest BCUT2D eigenvalue weighted by Crippen LogP contribution is 2.04. The van der Waals surface area contributed by atoms with Gasteiger partial charge in [0.2, 0.25) is 0 Å². The van der Waals surface area contributed by atoms with E-state index in [-0.39, 0.29) is 0 Å². The van der Waals surface area contributed by atoms with E-state index >= 15 is 0 Å². The van der Waals surface area contributed by atoms with Crippen LogP contribution in [0, 0.1) is 6.92 Å². The maximum absolute atomic E-state index is 5.83. The molecule has 0 aromatic heterocycles. The van der Waals surface area contributed by atoms with E-state index in [1.54, 1.807) is 0 Å². The first-order valence-corrected chi connectivity index (χ1v) is 5.82. The topological polar surface area (TPSA) is 47.6 Å². The minimum Gasteiger partial charge on any atom is -0.389 e. The fraction of sp³-hybridized carbons (Fsp3) is 0.133. The number of oxime groups is 1. The second kappa shape index (κ2) is 5.87. The molecule has 0 radical (unpaired) electrons. The summed E-state index contributed by atoms with van der Waals surface area (Å²) in [6.45, 7) is 2.45. The number of aryl methyl sites for hydroxylation is 1. The Morgan fingerprint density at radius 1 is 1.06 bits per heavy atom. The van der Waals surface area contributed by atoms with E-state index in [0.717, 1.165) is 11.1 Å². The van der Waals surface area contributed by atoms with E-state index in [0.29, 0.717) is 12.4 Å². The third-order valence-corrected chi connectivity index (χ3v) is 2.58. The van der Waals surface area contributed by atoms with Crippen molar-refractivity contribution in [3.63, 3.8) is 0 Å². The summed E-state index contributed by atoms with van der Waals surface area (Å²) in [6, 6.07) is 17.7. The minimum absolute atomic E-state index is 0.394. The molecule has 3 nitrogen and oxygen atoms in total. The van der Waals surface area contributed by atoms with Gasteiger partial charge in [-0.05, 0) is 12.5 Å². The molecule has 2 rings (SSSR count). The van der Waals surface area contributed by atoms with Gasteiger partial charge in [-0.25, -0.2) is 0 Å². The third kappa shape index (κ3) is 3.35. The summed E-state index contributed by atoms with van der Waals surface area (Å²) in [5.41, 5.74) is 8.96. The van der Waals surface area contributed by atoms with E-state index in [1.807, 2.05) is 61.5 Å². The van der Waals surface area contributed by atoms with Crippen LogP contribution in [-0.2, 0) is 11.4 Å². The van der Waals surface area contributed by atoms with Crippen molar-refractivity contribution in [2.24, 2.45) is 10.9 Å². The van der Waals surface area contributed by atoms with Crippen LogP contribution < -0.4 is 5.73 Å². The standard InChI is InChI=1S/C15H16N2O/c1-12-7-9-14(10-8-12)15(16)17-18-11-13-5-3-2-4-6-13/h2-10H,11H2,1H3,(H2,16,17). The van der Waals surface area contributed by atoms with Gasteiger partial charge in [0.05, 0.1) is 0 Å². The summed E-state index contributed by atoms with van der Waals surface area (Å²) in [6.07, 6.45) is 0. The zero-order chi connectivity index (χ0) is 12.8. The summed E-state index contributed by atoms with van der Waals surface area (Å²) < 4.78 is 0. The molecule has 0 heterocycles. The second-order valence-corrected chi connectivity index (χ2v) is 4.10. The monoisotopic (exact) mass is 240 g/mol. The average Bonchev–Trinajstić information content (AvgIpc) is 2.40. The summed E-state index contributed by atoms with van der Waals surface area (Å²) >= 11 is 0. The van der Waals surface area contributed by atoms with Gasteiger partial charge in [-0.1, -0.05) is 65.3 Å².